The summed E-state index contributed by atoms with van der Waals surface area (Å²) in [6.07, 6.45) is 0.507. The fourth-order valence-electron chi connectivity index (χ4n) is 2.22. The predicted molar refractivity (Wildman–Crippen MR) is 76.4 cm³/mol. The van der Waals surface area contributed by atoms with E-state index in [-0.39, 0.29) is 18.3 Å². The highest BCUT2D eigenvalue weighted by Gasteiger charge is 2.34. The summed E-state index contributed by atoms with van der Waals surface area (Å²) in [5.41, 5.74) is 1.01. The highest BCUT2D eigenvalue weighted by molar-refractivity contribution is 6.14. The Bertz CT molecular complexity index is 586. The average Bonchev–Trinajstić information content (AvgIpc) is 2.72. The van der Waals surface area contributed by atoms with Crippen LogP contribution in [0.25, 0.3) is 0 Å². The van der Waals surface area contributed by atoms with E-state index in [1.54, 1.807) is 19.9 Å². The molecule has 1 heterocycles. The number of esters is 1. The van der Waals surface area contributed by atoms with Gasteiger partial charge in [-0.2, -0.15) is 5.10 Å². The number of rotatable bonds is 5. The van der Waals surface area contributed by atoms with E-state index in [1.165, 1.54) is 23.2 Å². The number of carbonyl (C=O) groups excluding carboxylic acids is 2. The SMILES string of the molecule is CCOC(=O)CCC1C(=O)N(c2cccc(F)c2)N=C1C. The molecule has 0 N–H and O–H groups in total. The van der Waals surface area contributed by atoms with Crippen molar-refractivity contribution in [2.24, 2.45) is 11.0 Å². The van der Waals surface area contributed by atoms with Crippen molar-refractivity contribution in [2.75, 3.05) is 11.6 Å². The normalized spacial score (nSPS) is 17.9. The van der Waals surface area contributed by atoms with Gasteiger partial charge in [-0.25, -0.2) is 9.40 Å². The van der Waals surface area contributed by atoms with Crippen LogP contribution in [0.5, 0.6) is 0 Å². The maximum Gasteiger partial charge on any atom is 0.305 e. The van der Waals surface area contributed by atoms with Crippen molar-refractivity contribution in [3.05, 3.63) is 30.1 Å². The van der Waals surface area contributed by atoms with Gasteiger partial charge in [-0.05, 0) is 38.5 Å². The minimum Gasteiger partial charge on any atom is -0.466 e. The Morgan fingerprint density at radius 2 is 2.24 bits per heavy atom. The first kappa shape index (κ1) is 15.2. The van der Waals surface area contributed by atoms with Crippen LogP contribution in [0.3, 0.4) is 0 Å². The lowest BCUT2D eigenvalue weighted by Gasteiger charge is -2.14. The second-order valence-corrected chi connectivity index (χ2v) is 4.77. The third-order valence-electron chi connectivity index (χ3n) is 3.26. The zero-order valence-electron chi connectivity index (χ0n) is 12.0. The van der Waals surface area contributed by atoms with E-state index in [0.29, 0.717) is 24.4 Å². The molecule has 1 aromatic rings. The maximum atomic E-state index is 13.2. The zero-order valence-corrected chi connectivity index (χ0v) is 12.0. The van der Waals surface area contributed by atoms with Crippen LogP contribution in [0.1, 0.15) is 26.7 Å². The van der Waals surface area contributed by atoms with E-state index < -0.39 is 11.7 Å². The Balaban J connectivity index is 2.06. The smallest absolute Gasteiger partial charge is 0.305 e. The second-order valence-electron chi connectivity index (χ2n) is 4.77. The number of amides is 1. The summed E-state index contributed by atoms with van der Waals surface area (Å²) in [5, 5.41) is 5.36. The summed E-state index contributed by atoms with van der Waals surface area (Å²) in [6.45, 7) is 3.78. The predicted octanol–water partition coefficient (Wildman–Crippen LogP) is 2.51. The third-order valence-corrected chi connectivity index (χ3v) is 3.26. The van der Waals surface area contributed by atoms with Gasteiger partial charge in [-0.1, -0.05) is 6.07 Å². The van der Waals surface area contributed by atoms with E-state index >= 15 is 0 Å². The van der Waals surface area contributed by atoms with E-state index in [0.717, 1.165) is 0 Å². The first-order chi connectivity index (χ1) is 10.0. The van der Waals surface area contributed by atoms with Gasteiger partial charge in [0.1, 0.15) is 5.82 Å². The van der Waals surface area contributed by atoms with Gasteiger partial charge in [-0.15, -0.1) is 0 Å². The molecular formula is C15H17FN2O3. The Kier molecular flexibility index (Phi) is 4.67. The molecular weight excluding hydrogens is 275 g/mol. The fraction of sp³-hybridized carbons (Fsp3) is 0.400. The topological polar surface area (TPSA) is 59.0 Å². The van der Waals surface area contributed by atoms with Crippen molar-refractivity contribution < 1.29 is 18.7 Å². The monoisotopic (exact) mass is 292 g/mol. The van der Waals surface area contributed by atoms with E-state index in [2.05, 4.69) is 5.10 Å². The lowest BCUT2D eigenvalue weighted by molar-refractivity contribution is -0.143. The highest BCUT2D eigenvalue weighted by atomic mass is 19.1. The Hall–Kier alpha value is -2.24. The van der Waals surface area contributed by atoms with E-state index in [9.17, 15) is 14.0 Å². The Labute approximate surface area is 122 Å². The Morgan fingerprint density at radius 1 is 1.48 bits per heavy atom. The molecule has 1 atom stereocenters. The second kappa shape index (κ2) is 6.47. The zero-order chi connectivity index (χ0) is 15.4. The molecule has 21 heavy (non-hydrogen) atoms. The number of halogens is 1. The summed E-state index contributed by atoms with van der Waals surface area (Å²) < 4.78 is 18.1. The molecule has 5 nitrogen and oxygen atoms in total. The number of hydrazone groups is 1. The van der Waals surface area contributed by atoms with Gasteiger partial charge in [0.2, 0.25) is 0 Å². The van der Waals surface area contributed by atoms with E-state index in [4.69, 9.17) is 4.74 Å². The van der Waals surface area contributed by atoms with Crippen LogP contribution < -0.4 is 5.01 Å². The number of benzene rings is 1. The number of anilines is 1. The molecule has 1 aliphatic heterocycles. The molecule has 0 spiro atoms. The van der Waals surface area contributed by atoms with Gasteiger partial charge in [0, 0.05) is 12.1 Å². The summed E-state index contributed by atoms with van der Waals surface area (Å²) in [7, 11) is 0. The fourth-order valence-corrected chi connectivity index (χ4v) is 2.22. The van der Waals surface area contributed by atoms with Crippen LogP contribution in [0.15, 0.2) is 29.4 Å². The molecule has 0 aliphatic carbocycles. The molecule has 0 aromatic heterocycles. The lowest BCUT2D eigenvalue weighted by atomic mass is 9.98. The van der Waals surface area contributed by atoms with Crippen molar-refractivity contribution in [1.82, 2.24) is 0 Å². The molecule has 1 aliphatic rings. The maximum absolute atomic E-state index is 13.2. The molecule has 0 saturated heterocycles. The molecule has 0 bridgehead atoms. The molecule has 0 saturated carbocycles. The van der Waals surface area contributed by atoms with E-state index in [1.807, 2.05) is 0 Å². The first-order valence-electron chi connectivity index (χ1n) is 6.83. The minimum atomic E-state index is -0.460. The van der Waals surface area contributed by atoms with Crippen molar-refractivity contribution >= 4 is 23.3 Å². The summed E-state index contributed by atoms with van der Waals surface area (Å²) in [6, 6.07) is 5.70. The largest absolute Gasteiger partial charge is 0.466 e. The molecule has 1 aromatic carbocycles. The minimum absolute atomic E-state index is 0.161. The average molecular weight is 292 g/mol. The number of nitrogens with zero attached hydrogens (tertiary/aromatic N) is 2. The van der Waals surface area contributed by atoms with Gasteiger partial charge in [0.15, 0.2) is 0 Å². The van der Waals surface area contributed by atoms with Gasteiger partial charge in [0.05, 0.1) is 18.2 Å². The molecule has 0 radical (unpaired) electrons. The van der Waals surface area contributed by atoms with Gasteiger partial charge in [0.25, 0.3) is 5.91 Å². The van der Waals surface area contributed by atoms with Gasteiger partial charge in [-0.3, -0.25) is 9.59 Å². The molecule has 0 fully saturated rings. The third kappa shape index (κ3) is 3.45. The summed E-state index contributed by atoms with van der Waals surface area (Å²) in [4.78, 5) is 23.7. The molecule has 1 amide bonds. The molecule has 1 unspecified atom stereocenters. The van der Waals surface area contributed by atoms with Gasteiger partial charge < -0.3 is 4.74 Å². The standard InChI is InChI=1S/C15H17FN2O3/c1-3-21-14(19)8-7-13-10(2)17-18(15(13)20)12-6-4-5-11(16)9-12/h4-6,9,13H,3,7-8H2,1-2H3. The molecule has 112 valence electrons. The van der Waals surface area contributed by atoms with Crippen LogP contribution in [-0.2, 0) is 14.3 Å². The number of ether oxygens (including phenoxy) is 1. The number of hydrogen-bond acceptors (Lipinski definition) is 4. The Morgan fingerprint density at radius 3 is 2.90 bits per heavy atom. The van der Waals surface area contributed by atoms with Crippen LogP contribution in [0, 0.1) is 11.7 Å². The van der Waals surface area contributed by atoms with Crippen LogP contribution in [0.2, 0.25) is 0 Å². The molecule has 2 rings (SSSR count). The van der Waals surface area contributed by atoms with Crippen LogP contribution in [0.4, 0.5) is 10.1 Å². The van der Waals surface area contributed by atoms with Crippen molar-refractivity contribution in [2.45, 2.75) is 26.7 Å². The van der Waals surface area contributed by atoms with Crippen LogP contribution >= 0.6 is 0 Å². The first-order valence-corrected chi connectivity index (χ1v) is 6.83. The lowest BCUT2D eigenvalue weighted by Crippen LogP contribution is -2.27. The number of carbonyl (C=O) groups is 2. The summed E-state index contributed by atoms with van der Waals surface area (Å²) >= 11 is 0. The number of hydrogen-bond donors (Lipinski definition) is 0. The quantitative estimate of drug-likeness (QED) is 0.783. The van der Waals surface area contributed by atoms with Gasteiger partial charge >= 0.3 is 5.97 Å². The highest BCUT2D eigenvalue weighted by Crippen LogP contribution is 2.26. The van der Waals surface area contributed by atoms with Crippen molar-refractivity contribution in [3.63, 3.8) is 0 Å². The van der Waals surface area contributed by atoms with Crippen molar-refractivity contribution in [1.29, 1.82) is 0 Å². The summed E-state index contributed by atoms with van der Waals surface area (Å²) in [5.74, 6) is -1.47. The van der Waals surface area contributed by atoms with Crippen LogP contribution in [-0.4, -0.2) is 24.2 Å². The van der Waals surface area contributed by atoms with Crippen molar-refractivity contribution in [3.8, 4) is 0 Å². The molecule has 6 heteroatoms.